The van der Waals surface area contributed by atoms with E-state index < -0.39 is 11.9 Å². The van der Waals surface area contributed by atoms with Crippen molar-refractivity contribution in [2.75, 3.05) is 7.11 Å². The number of benzene rings is 1. The number of nitrogens with zero attached hydrogens (tertiary/aromatic N) is 4. The van der Waals surface area contributed by atoms with Crippen LogP contribution in [0.4, 0.5) is 13.2 Å². The van der Waals surface area contributed by atoms with Gasteiger partial charge in [-0.1, -0.05) is 0 Å². The smallest absolute Gasteiger partial charge is 0.433 e. The van der Waals surface area contributed by atoms with Crippen LogP contribution in [0.25, 0.3) is 11.3 Å². The highest BCUT2D eigenvalue weighted by Crippen LogP contribution is 2.33. The first kappa shape index (κ1) is 20.4. The quantitative estimate of drug-likeness (QED) is 0.685. The van der Waals surface area contributed by atoms with E-state index in [1.54, 1.807) is 10.7 Å². The Kier molecular flexibility index (Phi) is 5.10. The number of nitriles is 1. The molecule has 1 aromatic carbocycles. The number of pyridine rings is 1. The molecule has 1 amide bonds. The third-order valence-corrected chi connectivity index (χ3v) is 4.98. The lowest BCUT2D eigenvalue weighted by molar-refractivity contribution is -0.141. The summed E-state index contributed by atoms with van der Waals surface area (Å²) in [6.45, 7) is 0.513. The van der Waals surface area contributed by atoms with Crippen molar-refractivity contribution >= 4 is 5.91 Å². The van der Waals surface area contributed by atoms with Gasteiger partial charge in [-0.25, -0.2) is 0 Å². The first-order chi connectivity index (χ1) is 14.8. The van der Waals surface area contributed by atoms with Gasteiger partial charge in [-0.05, 0) is 42.8 Å². The molecule has 0 fully saturated rings. The Morgan fingerprint density at radius 3 is 2.81 bits per heavy atom. The number of hydrogen-bond acceptors (Lipinski definition) is 5. The van der Waals surface area contributed by atoms with E-state index in [9.17, 15) is 18.0 Å². The minimum absolute atomic E-state index is 0.276. The largest absolute Gasteiger partial charge is 0.497 e. The number of halogens is 3. The maximum Gasteiger partial charge on any atom is 0.433 e. The van der Waals surface area contributed by atoms with Crippen LogP contribution in [0.15, 0.2) is 42.6 Å². The molecule has 3 aromatic rings. The van der Waals surface area contributed by atoms with E-state index in [0.29, 0.717) is 41.2 Å². The second-order valence-electron chi connectivity index (χ2n) is 6.98. The van der Waals surface area contributed by atoms with Crippen LogP contribution in [0.2, 0.25) is 0 Å². The fourth-order valence-corrected chi connectivity index (χ4v) is 3.48. The molecule has 2 aromatic heterocycles. The van der Waals surface area contributed by atoms with Crippen molar-refractivity contribution in [1.29, 1.82) is 5.26 Å². The lowest BCUT2D eigenvalue weighted by atomic mass is 10.1. The van der Waals surface area contributed by atoms with E-state index in [1.807, 2.05) is 6.07 Å². The molecule has 1 atom stereocenters. The summed E-state index contributed by atoms with van der Waals surface area (Å²) >= 11 is 0. The van der Waals surface area contributed by atoms with E-state index in [-0.39, 0.29) is 17.5 Å². The summed E-state index contributed by atoms with van der Waals surface area (Å²) in [7, 11) is 1.44. The van der Waals surface area contributed by atoms with E-state index in [1.165, 1.54) is 31.4 Å². The van der Waals surface area contributed by atoms with Crippen LogP contribution in [-0.2, 0) is 12.7 Å². The molecule has 158 valence electrons. The number of methoxy groups -OCH3 is 1. The number of aromatic nitrogens is 3. The highest BCUT2D eigenvalue weighted by molar-refractivity contribution is 5.95. The topological polar surface area (TPSA) is 92.8 Å². The molecule has 31 heavy (non-hydrogen) atoms. The molecule has 7 nitrogen and oxygen atoms in total. The zero-order valence-corrected chi connectivity index (χ0v) is 16.3. The van der Waals surface area contributed by atoms with Crippen molar-refractivity contribution in [2.24, 2.45) is 0 Å². The van der Waals surface area contributed by atoms with Crippen LogP contribution >= 0.6 is 0 Å². The average Bonchev–Trinajstić information content (AvgIpc) is 3.34. The molecule has 1 aliphatic heterocycles. The molecular weight excluding hydrogens is 411 g/mol. The van der Waals surface area contributed by atoms with Crippen molar-refractivity contribution in [2.45, 2.75) is 25.2 Å². The van der Waals surface area contributed by atoms with Crippen LogP contribution in [-0.4, -0.2) is 27.8 Å². The van der Waals surface area contributed by atoms with Gasteiger partial charge in [0.2, 0.25) is 0 Å². The molecule has 0 unspecified atom stereocenters. The molecular formula is C21H16F3N5O2. The fourth-order valence-electron chi connectivity index (χ4n) is 3.48. The summed E-state index contributed by atoms with van der Waals surface area (Å²) in [4.78, 5) is 16.1. The Hall–Kier alpha value is -3.87. The van der Waals surface area contributed by atoms with Crippen molar-refractivity contribution in [3.05, 3.63) is 65.1 Å². The van der Waals surface area contributed by atoms with Gasteiger partial charge in [0, 0.05) is 23.9 Å². The number of aryl methyl sites for hydroxylation is 1. The minimum Gasteiger partial charge on any atom is -0.497 e. The maximum absolute atomic E-state index is 13.0. The first-order valence-corrected chi connectivity index (χ1v) is 9.30. The summed E-state index contributed by atoms with van der Waals surface area (Å²) in [5, 5.41) is 16.4. The van der Waals surface area contributed by atoms with Crippen LogP contribution in [0, 0.1) is 11.3 Å². The third-order valence-electron chi connectivity index (χ3n) is 4.98. The van der Waals surface area contributed by atoms with E-state index in [4.69, 9.17) is 10.00 Å². The number of amides is 1. The van der Waals surface area contributed by atoms with Gasteiger partial charge in [-0.3, -0.25) is 14.5 Å². The average molecular weight is 427 g/mol. The predicted molar refractivity (Wildman–Crippen MR) is 103 cm³/mol. The van der Waals surface area contributed by atoms with Crippen molar-refractivity contribution < 1.29 is 22.7 Å². The Balaban J connectivity index is 1.57. The number of carbonyl (C=O) groups excluding carboxylic acids is 1. The highest BCUT2D eigenvalue weighted by atomic mass is 19.4. The van der Waals surface area contributed by atoms with Crippen molar-refractivity contribution in [3.63, 3.8) is 0 Å². The molecule has 3 heterocycles. The molecule has 0 saturated heterocycles. The van der Waals surface area contributed by atoms with Gasteiger partial charge < -0.3 is 10.1 Å². The molecule has 4 rings (SSSR count). The highest BCUT2D eigenvalue weighted by Gasteiger charge is 2.33. The van der Waals surface area contributed by atoms with Crippen molar-refractivity contribution in [1.82, 2.24) is 20.1 Å². The normalized spacial score (nSPS) is 15.3. The van der Waals surface area contributed by atoms with Gasteiger partial charge >= 0.3 is 6.18 Å². The van der Waals surface area contributed by atoms with E-state index in [0.717, 1.165) is 12.3 Å². The first-order valence-electron chi connectivity index (χ1n) is 9.30. The molecule has 0 spiro atoms. The van der Waals surface area contributed by atoms with Gasteiger partial charge in [-0.2, -0.15) is 23.5 Å². The number of nitrogens with one attached hydrogen (secondary N) is 1. The van der Waals surface area contributed by atoms with Crippen molar-refractivity contribution in [3.8, 4) is 23.1 Å². The third kappa shape index (κ3) is 4.07. The van der Waals surface area contributed by atoms with Gasteiger partial charge in [0.25, 0.3) is 5.91 Å². The van der Waals surface area contributed by atoms with Gasteiger partial charge in [0.15, 0.2) is 0 Å². The lowest BCUT2D eigenvalue weighted by Gasteiger charge is -2.13. The summed E-state index contributed by atoms with van der Waals surface area (Å²) in [6, 6.07) is 10.2. The zero-order chi connectivity index (χ0) is 22.2. The number of carbonyl (C=O) groups is 1. The predicted octanol–water partition coefficient (Wildman–Crippen LogP) is 3.72. The molecule has 0 aliphatic carbocycles. The molecule has 0 bridgehead atoms. The number of ether oxygens (including phenoxy) is 1. The Morgan fingerprint density at radius 1 is 1.29 bits per heavy atom. The molecule has 10 heteroatoms. The maximum atomic E-state index is 13.0. The Morgan fingerprint density at radius 2 is 2.10 bits per heavy atom. The summed E-state index contributed by atoms with van der Waals surface area (Å²) in [5.41, 5.74) is 0.932. The van der Waals surface area contributed by atoms with E-state index >= 15 is 0 Å². The SMILES string of the molecule is COc1cc(C#N)cc(C(=O)N[C@H]2CCn3nc(-c4ccnc(C(F)(F)F)c4)cc32)c1. The van der Waals surface area contributed by atoms with Gasteiger partial charge in [0.05, 0.1) is 36.2 Å². The van der Waals surface area contributed by atoms with Gasteiger partial charge in [-0.15, -0.1) is 0 Å². The molecule has 1 N–H and O–H groups in total. The zero-order valence-electron chi connectivity index (χ0n) is 16.3. The fraction of sp³-hybridized carbons (Fsp3) is 0.238. The lowest BCUT2D eigenvalue weighted by Crippen LogP contribution is -2.27. The van der Waals surface area contributed by atoms with E-state index in [2.05, 4.69) is 15.4 Å². The second kappa shape index (κ2) is 7.75. The minimum atomic E-state index is -4.55. The summed E-state index contributed by atoms with van der Waals surface area (Å²) < 4.78 is 45.7. The number of alkyl halides is 3. The number of fused-ring (bicyclic) bond motifs is 1. The summed E-state index contributed by atoms with van der Waals surface area (Å²) in [5.74, 6) is 0.000902. The standard InChI is InChI=1S/C21H16F3N5O2/c1-31-15-7-12(11-25)6-14(8-15)20(30)27-16-3-5-29-18(16)10-17(28-29)13-2-4-26-19(9-13)21(22,23)24/h2,4,6-10,16H,3,5H2,1H3,(H,27,30)/t16-/m0/s1. The van der Waals surface area contributed by atoms with Crippen LogP contribution in [0.5, 0.6) is 5.75 Å². The Bertz CT molecular complexity index is 1200. The van der Waals surface area contributed by atoms with Crippen LogP contribution < -0.4 is 10.1 Å². The molecule has 0 saturated carbocycles. The summed E-state index contributed by atoms with van der Waals surface area (Å²) in [6.07, 6.45) is -2.86. The van der Waals surface area contributed by atoms with Crippen LogP contribution in [0.1, 0.15) is 39.8 Å². The number of rotatable bonds is 4. The molecule has 1 aliphatic rings. The number of hydrogen-bond donors (Lipinski definition) is 1. The second-order valence-corrected chi connectivity index (χ2v) is 6.98. The van der Waals surface area contributed by atoms with Gasteiger partial charge in [0.1, 0.15) is 11.4 Å². The Labute approximate surface area is 175 Å². The monoisotopic (exact) mass is 427 g/mol. The van der Waals surface area contributed by atoms with Crippen LogP contribution in [0.3, 0.4) is 0 Å². The molecule has 0 radical (unpaired) electrons.